The zero-order valence-corrected chi connectivity index (χ0v) is 23.9. The maximum Gasteiger partial charge on any atom is 0.264 e. The number of nitrogens with one attached hydrogen (secondary N) is 1. The number of amides is 2. The Kier molecular flexibility index (Phi) is 10.1. The summed E-state index contributed by atoms with van der Waals surface area (Å²) >= 11 is 0. The van der Waals surface area contributed by atoms with Gasteiger partial charge in [0.25, 0.3) is 10.0 Å². The predicted octanol–water partition coefficient (Wildman–Crippen LogP) is 4.53. The van der Waals surface area contributed by atoms with E-state index < -0.39 is 28.5 Å². The number of hydrogen-bond acceptors (Lipinski definition) is 5. The third kappa shape index (κ3) is 7.38. The van der Waals surface area contributed by atoms with E-state index in [1.165, 1.54) is 24.1 Å². The van der Waals surface area contributed by atoms with Gasteiger partial charge in [-0.3, -0.25) is 13.9 Å². The van der Waals surface area contributed by atoms with Crippen LogP contribution in [0.5, 0.6) is 5.75 Å². The lowest BCUT2D eigenvalue weighted by atomic mass is 10.1. The quantitative estimate of drug-likeness (QED) is 0.357. The number of carbonyl (C=O) groups is 2. The molecule has 0 aromatic heterocycles. The summed E-state index contributed by atoms with van der Waals surface area (Å²) in [5.41, 5.74) is 2.12. The number of rotatable bonds is 12. The summed E-state index contributed by atoms with van der Waals surface area (Å²) in [7, 11) is -2.71. The van der Waals surface area contributed by atoms with Crippen molar-refractivity contribution in [3.05, 3.63) is 90.0 Å². The molecule has 0 saturated heterocycles. The van der Waals surface area contributed by atoms with Gasteiger partial charge in [0, 0.05) is 12.6 Å². The van der Waals surface area contributed by atoms with E-state index in [0.29, 0.717) is 5.75 Å². The van der Waals surface area contributed by atoms with Crippen molar-refractivity contribution >= 4 is 27.5 Å². The number of anilines is 1. The van der Waals surface area contributed by atoms with Crippen LogP contribution in [0.2, 0.25) is 0 Å². The van der Waals surface area contributed by atoms with E-state index in [-0.39, 0.29) is 29.1 Å². The number of aryl methyl sites for hydroxylation is 1. The van der Waals surface area contributed by atoms with Gasteiger partial charge < -0.3 is 15.0 Å². The maximum atomic E-state index is 14.0. The van der Waals surface area contributed by atoms with Crippen LogP contribution < -0.4 is 14.4 Å². The summed E-state index contributed by atoms with van der Waals surface area (Å²) in [6, 6.07) is 21.3. The van der Waals surface area contributed by atoms with Crippen molar-refractivity contribution in [3.63, 3.8) is 0 Å². The highest BCUT2D eigenvalue weighted by atomic mass is 32.2. The van der Waals surface area contributed by atoms with Crippen LogP contribution in [0, 0.1) is 6.92 Å². The van der Waals surface area contributed by atoms with Crippen LogP contribution in [-0.2, 0) is 26.2 Å². The molecule has 0 unspecified atom stereocenters. The lowest BCUT2D eigenvalue weighted by molar-refractivity contribution is -0.139. The first-order valence-corrected chi connectivity index (χ1v) is 14.4. The Morgan fingerprint density at radius 3 is 2.15 bits per heavy atom. The van der Waals surface area contributed by atoms with E-state index in [9.17, 15) is 18.0 Å². The zero-order valence-electron chi connectivity index (χ0n) is 23.1. The average Bonchev–Trinajstić information content (AvgIpc) is 2.95. The van der Waals surface area contributed by atoms with Crippen LogP contribution >= 0.6 is 0 Å². The highest BCUT2D eigenvalue weighted by Crippen LogP contribution is 2.32. The smallest absolute Gasteiger partial charge is 0.264 e. The van der Waals surface area contributed by atoms with E-state index in [1.54, 1.807) is 49.4 Å². The number of sulfonamides is 1. The summed E-state index contributed by atoms with van der Waals surface area (Å²) in [5, 5.41) is 2.93. The second kappa shape index (κ2) is 13.3. The first kappa shape index (κ1) is 29.7. The first-order chi connectivity index (χ1) is 18.6. The molecule has 0 aliphatic heterocycles. The number of benzene rings is 3. The van der Waals surface area contributed by atoms with Gasteiger partial charge in [0.15, 0.2) is 0 Å². The van der Waals surface area contributed by atoms with Gasteiger partial charge in [0.1, 0.15) is 18.3 Å². The SMILES string of the molecule is CC[C@@H](C)NC(=O)[C@H](C)N(Cc1ccc(C)cc1)C(=O)CN(c1ccccc1OC)S(=O)(=O)c1ccccc1. The molecular formula is C30H37N3O5S. The van der Waals surface area contributed by atoms with Gasteiger partial charge in [0.2, 0.25) is 11.8 Å². The van der Waals surface area contributed by atoms with Crippen molar-refractivity contribution in [2.75, 3.05) is 18.0 Å². The molecule has 0 spiro atoms. The molecular weight excluding hydrogens is 514 g/mol. The summed E-state index contributed by atoms with van der Waals surface area (Å²) in [6.45, 7) is 7.10. The van der Waals surface area contributed by atoms with Gasteiger partial charge in [-0.1, -0.05) is 67.1 Å². The second-order valence-electron chi connectivity index (χ2n) is 9.50. The Balaban J connectivity index is 2.04. The van der Waals surface area contributed by atoms with Gasteiger partial charge >= 0.3 is 0 Å². The first-order valence-electron chi connectivity index (χ1n) is 12.9. The van der Waals surface area contributed by atoms with Crippen molar-refractivity contribution in [2.24, 2.45) is 0 Å². The minimum atomic E-state index is -4.16. The average molecular weight is 552 g/mol. The molecule has 3 rings (SSSR count). The number of ether oxygens (including phenoxy) is 1. The monoisotopic (exact) mass is 551 g/mol. The fraction of sp³-hybridized carbons (Fsp3) is 0.333. The fourth-order valence-corrected chi connectivity index (χ4v) is 5.45. The van der Waals surface area contributed by atoms with Crippen molar-refractivity contribution in [3.8, 4) is 5.75 Å². The lowest BCUT2D eigenvalue weighted by Gasteiger charge is -2.32. The third-order valence-corrected chi connectivity index (χ3v) is 8.38. The van der Waals surface area contributed by atoms with Gasteiger partial charge in [-0.2, -0.15) is 0 Å². The lowest BCUT2D eigenvalue weighted by Crippen LogP contribution is -2.52. The zero-order chi connectivity index (χ0) is 28.6. The second-order valence-corrected chi connectivity index (χ2v) is 11.4. The largest absolute Gasteiger partial charge is 0.495 e. The van der Waals surface area contributed by atoms with Gasteiger partial charge in [-0.25, -0.2) is 8.42 Å². The molecule has 8 nitrogen and oxygen atoms in total. The van der Waals surface area contributed by atoms with E-state index >= 15 is 0 Å². The number of methoxy groups -OCH3 is 1. The normalized spacial score (nSPS) is 12.7. The summed E-state index contributed by atoms with van der Waals surface area (Å²) < 4.78 is 34.2. The molecule has 0 bridgehead atoms. The molecule has 0 saturated carbocycles. The summed E-state index contributed by atoms with van der Waals surface area (Å²) in [4.78, 5) is 28.6. The molecule has 0 aliphatic carbocycles. The fourth-order valence-electron chi connectivity index (χ4n) is 4.01. The predicted molar refractivity (Wildman–Crippen MR) is 153 cm³/mol. The molecule has 1 N–H and O–H groups in total. The number of carbonyl (C=O) groups excluding carboxylic acids is 2. The third-order valence-electron chi connectivity index (χ3n) is 6.61. The minimum absolute atomic E-state index is 0.0383. The standard InChI is InChI=1S/C30H37N3O5S/c1-6-23(3)31-30(35)24(4)32(20-25-18-16-22(2)17-19-25)29(34)21-33(27-14-10-11-15-28(27)38-5)39(36,37)26-12-8-7-9-13-26/h7-19,23-24H,6,20-21H2,1-5H3,(H,31,35)/t23-,24+/m1/s1. The van der Waals surface area contributed by atoms with Crippen molar-refractivity contribution in [1.29, 1.82) is 0 Å². The van der Waals surface area contributed by atoms with Crippen LogP contribution in [0.3, 0.4) is 0 Å². The van der Waals surface area contributed by atoms with Crippen LogP contribution in [0.25, 0.3) is 0 Å². The molecule has 3 aromatic carbocycles. The van der Waals surface area contributed by atoms with E-state index in [0.717, 1.165) is 21.9 Å². The number of para-hydroxylation sites is 2. The van der Waals surface area contributed by atoms with Crippen LogP contribution in [0.4, 0.5) is 5.69 Å². The molecule has 0 aliphatic rings. The number of nitrogens with zero attached hydrogens (tertiary/aromatic N) is 2. The molecule has 208 valence electrons. The molecule has 39 heavy (non-hydrogen) atoms. The summed E-state index contributed by atoms with van der Waals surface area (Å²) in [6.07, 6.45) is 0.737. The molecule has 0 heterocycles. The van der Waals surface area contributed by atoms with Crippen LogP contribution in [0.1, 0.15) is 38.3 Å². The Bertz CT molecular complexity index is 1360. The van der Waals surface area contributed by atoms with E-state index in [4.69, 9.17) is 4.74 Å². The Morgan fingerprint density at radius 1 is 0.923 bits per heavy atom. The van der Waals surface area contributed by atoms with Gasteiger partial charge in [-0.05, 0) is 57.0 Å². The van der Waals surface area contributed by atoms with Gasteiger partial charge in [0.05, 0.1) is 17.7 Å². The molecule has 2 amide bonds. The van der Waals surface area contributed by atoms with E-state index in [2.05, 4.69) is 5.32 Å². The van der Waals surface area contributed by atoms with Gasteiger partial charge in [-0.15, -0.1) is 0 Å². The van der Waals surface area contributed by atoms with Crippen LogP contribution in [0.15, 0.2) is 83.8 Å². The highest BCUT2D eigenvalue weighted by Gasteiger charge is 2.33. The van der Waals surface area contributed by atoms with Crippen molar-refractivity contribution in [1.82, 2.24) is 10.2 Å². The Labute approximate surface area is 231 Å². The Hall–Kier alpha value is -3.85. The maximum absolute atomic E-state index is 14.0. The Morgan fingerprint density at radius 2 is 1.54 bits per heavy atom. The molecule has 0 fully saturated rings. The van der Waals surface area contributed by atoms with Crippen molar-refractivity contribution in [2.45, 2.75) is 57.6 Å². The molecule has 9 heteroatoms. The molecule has 0 radical (unpaired) electrons. The minimum Gasteiger partial charge on any atom is -0.495 e. The number of hydrogen-bond donors (Lipinski definition) is 1. The highest BCUT2D eigenvalue weighted by molar-refractivity contribution is 7.92. The van der Waals surface area contributed by atoms with Crippen LogP contribution in [-0.4, -0.2) is 50.9 Å². The topological polar surface area (TPSA) is 96.0 Å². The molecule has 2 atom stereocenters. The molecule has 3 aromatic rings. The van der Waals surface area contributed by atoms with Crippen molar-refractivity contribution < 1.29 is 22.7 Å². The van der Waals surface area contributed by atoms with E-state index in [1.807, 2.05) is 45.0 Å². The summed E-state index contributed by atoms with van der Waals surface area (Å²) in [5.74, 6) is -0.523.